The van der Waals surface area contributed by atoms with Gasteiger partial charge in [-0.15, -0.1) is 11.8 Å². The number of carbonyl (C=O) groups is 1. The summed E-state index contributed by atoms with van der Waals surface area (Å²) in [4.78, 5) is 17.9. The lowest BCUT2D eigenvalue weighted by Gasteiger charge is -2.11. The van der Waals surface area contributed by atoms with Crippen molar-refractivity contribution in [2.45, 2.75) is 30.9 Å². The molecule has 0 fully saturated rings. The summed E-state index contributed by atoms with van der Waals surface area (Å²) in [5.74, 6) is 0.496. The molecule has 118 valence electrons. The van der Waals surface area contributed by atoms with E-state index in [4.69, 9.17) is 4.42 Å². The van der Waals surface area contributed by atoms with Gasteiger partial charge in [-0.05, 0) is 30.3 Å². The van der Waals surface area contributed by atoms with Crippen LogP contribution in [-0.2, 0) is 0 Å². The van der Waals surface area contributed by atoms with Gasteiger partial charge in [0.1, 0.15) is 5.52 Å². The molecule has 0 saturated heterocycles. The van der Waals surface area contributed by atoms with E-state index in [9.17, 15) is 4.79 Å². The van der Waals surface area contributed by atoms with Gasteiger partial charge >= 0.3 is 0 Å². The number of fused-ring (bicyclic) bond motifs is 1. The first-order valence-electron chi connectivity index (χ1n) is 7.47. The number of anilines is 1. The number of aryl methyl sites for hydroxylation is 1. The van der Waals surface area contributed by atoms with Crippen molar-refractivity contribution >= 4 is 34.5 Å². The van der Waals surface area contributed by atoms with E-state index in [0.29, 0.717) is 22.4 Å². The highest BCUT2D eigenvalue weighted by Gasteiger charge is 2.13. The quantitative estimate of drug-likeness (QED) is 0.694. The fraction of sp³-hybridized carbons (Fsp3) is 0.222. The molecule has 0 atom stereocenters. The second-order valence-corrected chi connectivity index (χ2v) is 7.15. The Morgan fingerprint density at radius 3 is 2.78 bits per heavy atom. The molecule has 4 nitrogen and oxygen atoms in total. The molecule has 0 spiro atoms. The Morgan fingerprint density at radius 1 is 1.22 bits per heavy atom. The van der Waals surface area contributed by atoms with Crippen molar-refractivity contribution in [3.8, 4) is 0 Å². The monoisotopic (exact) mass is 326 g/mol. The smallest absolute Gasteiger partial charge is 0.256 e. The first-order chi connectivity index (χ1) is 11.0. The molecule has 5 heteroatoms. The number of hydrogen-bond donors (Lipinski definition) is 1. The van der Waals surface area contributed by atoms with Crippen LogP contribution in [0.4, 0.5) is 5.69 Å². The third-order valence-electron chi connectivity index (χ3n) is 3.25. The van der Waals surface area contributed by atoms with Crippen molar-refractivity contribution in [3.05, 3.63) is 53.9 Å². The number of benzene rings is 2. The van der Waals surface area contributed by atoms with Gasteiger partial charge in [0.2, 0.25) is 0 Å². The maximum atomic E-state index is 12.6. The van der Waals surface area contributed by atoms with Crippen molar-refractivity contribution in [3.63, 3.8) is 0 Å². The van der Waals surface area contributed by atoms with E-state index in [2.05, 4.69) is 24.1 Å². The number of hydrogen-bond acceptors (Lipinski definition) is 4. The number of rotatable bonds is 4. The van der Waals surface area contributed by atoms with Crippen molar-refractivity contribution < 1.29 is 9.21 Å². The molecule has 1 N–H and O–H groups in total. The largest absolute Gasteiger partial charge is 0.441 e. The van der Waals surface area contributed by atoms with Gasteiger partial charge < -0.3 is 9.73 Å². The lowest BCUT2D eigenvalue weighted by atomic mass is 10.2. The Bertz CT molecular complexity index is 855. The summed E-state index contributed by atoms with van der Waals surface area (Å²) in [5.41, 5.74) is 2.85. The van der Waals surface area contributed by atoms with Crippen LogP contribution >= 0.6 is 11.8 Å². The summed E-state index contributed by atoms with van der Waals surface area (Å²) in [6, 6.07) is 13.1. The summed E-state index contributed by atoms with van der Waals surface area (Å²) in [6.45, 7) is 6.03. The van der Waals surface area contributed by atoms with Crippen LogP contribution in [0.5, 0.6) is 0 Å². The number of oxazole rings is 1. The maximum absolute atomic E-state index is 12.6. The second-order valence-electron chi connectivity index (χ2n) is 5.53. The van der Waals surface area contributed by atoms with Crippen LogP contribution in [0.2, 0.25) is 0 Å². The fourth-order valence-electron chi connectivity index (χ4n) is 2.33. The number of nitrogens with zero attached hydrogens (tertiary/aromatic N) is 1. The van der Waals surface area contributed by atoms with Crippen molar-refractivity contribution in [1.29, 1.82) is 0 Å². The van der Waals surface area contributed by atoms with Crippen LogP contribution < -0.4 is 5.32 Å². The number of aromatic nitrogens is 1. The molecule has 0 aliphatic heterocycles. The van der Waals surface area contributed by atoms with Crippen molar-refractivity contribution in [2.75, 3.05) is 5.32 Å². The average molecular weight is 326 g/mol. The zero-order valence-electron chi connectivity index (χ0n) is 13.3. The lowest BCUT2D eigenvalue weighted by Crippen LogP contribution is -2.13. The zero-order valence-corrected chi connectivity index (χ0v) is 14.1. The van der Waals surface area contributed by atoms with Gasteiger partial charge in [-0.25, -0.2) is 4.98 Å². The summed E-state index contributed by atoms with van der Waals surface area (Å²) < 4.78 is 5.45. The Morgan fingerprint density at radius 2 is 2.00 bits per heavy atom. The molecule has 2 aromatic carbocycles. The standard InChI is InChI=1S/C18H18N2O2S/c1-11(2)23-17-7-5-4-6-14(17)18(21)20-13-8-9-16-15(10-13)19-12(3)22-16/h4-11H,1-3H3,(H,20,21). The molecule has 1 aromatic heterocycles. The van der Waals surface area contributed by atoms with Crippen LogP contribution in [0.1, 0.15) is 30.1 Å². The van der Waals surface area contributed by atoms with Gasteiger partial charge in [-0.2, -0.15) is 0 Å². The SMILES string of the molecule is Cc1nc2cc(NC(=O)c3ccccc3SC(C)C)ccc2o1. The normalized spacial score (nSPS) is 11.1. The third-order valence-corrected chi connectivity index (χ3v) is 4.33. The first-order valence-corrected chi connectivity index (χ1v) is 8.35. The predicted molar refractivity (Wildman–Crippen MR) is 94.1 cm³/mol. The van der Waals surface area contributed by atoms with Crippen LogP contribution in [0.15, 0.2) is 51.8 Å². The van der Waals surface area contributed by atoms with Gasteiger partial charge in [-0.3, -0.25) is 4.79 Å². The van der Waals surface area contributed by atoms with E-state index in [0.717, 1.165) is 16.0 Å². The van der Waals surface area contributed by atoms with Gasteiger partial charge in [0.15, 0.2) is 11.5 Å². The summed E-state index contributed by atoms with van der Waals surface area (Å²) in [6.07, 6.45) is 0. The zero-order chi connectivity index (χ0) is 16.4. The van der Waals surface area contributed by atoms with E-state index in [1.165, 1.54) is 0 Å². The van der Waals surface area contributed by atoms with Gasteiger partial charge in [0.25, 0.3) is 5.91 Å². The molecule has 3 rings (SSSR count). The van der Waals surface area contributed by atoms with Crippen molar-refractivity contribution in [1.82, 2.24) is 4.98 Å². The van der Waals surface area contributed by atoms with Crippen LogP contribution in [-0.4, -0.2) is 16.1 Å². The van der Waals surface area contributed by atoms with E-state index >= 15 is 0 Å². The molecule has 0 radical (unpaired) electrons. The molecule has 1 heterocycles. The second kappa shape index (κ2) is 6.46. The van der Waals surface area contributed by atoms with Gasteiger partial charge in [-0.1, -0.05) is 26.0 Å². The third kappa shape index (κ3) is 3.56. The molecule has 0 bridgehead atoms. The summed E-state index contributed by atoms with van der Waals surface area (Å²) >= 11 is 1.68. The predicted octanol–water partition coefficient (Wildman–Crippen LogP) is 4.89. The maximum Gasteiger partial charge on any atom is 0.256 e. The molecule has 1 amide bonds. The highest BCUT2D eigenvalue weighted by atomic mass is 32.2. The molecule has 3 aromatic rings. The summed E-state index contributed by atoms with van der Waals surface area (Å²) in [7, 11) is 0. The molecule has 0 aliphatic carbocycles. The van der Waals surface area contributed by atoms with Crippen LogP contribution in [0, 0.1) is 6.92 Å². The lowest BCUT2D eigenvalue weighted by molar-refractivity contribution is 0.102. The molecule has 23 heavy (non-hydrogen) atoms. The Hall–Kier alpha value is -2.27. The minimum absolute atomic E-state index is 0.117. The number of thioether (sulfide) groups is 1. The van der Waals surface area contributed by atoms with Crippen LogP contribution in [0.25, 0.3) is 11.1 Å². The fourth-order valence-corrected chi connectivity index (χ4v) is 3.28. The number of carbonyl (C=O) groups excluding carboxylic acids is 1. The number of amides is 1. The van der Waals surface area contributed by atoms with E-state index in [-0.39, 0.29) is 5.91 Å². The molecular formula is C18H18N2O2S. The summed E-state index contributed by atoms with van der Waals surface area (Å²) in [5, 5.41) is 3.35. The Kier molecular flexibility index (Phi) is 4.39. The van der Waals surface area contributed by atoms with E-state index in [1.807, 2.05) is 42.5 Å². The highest BCUT2D eigenvalue weighted by Crippen LogP contribution is 2.27. The minimum Gasteiger partial charge on any atom is -0.441 e. The molecule has 0 unspecified atom stereocenters. The molecule has 0 aliphatic rings. The van der Waals surface area contributed by atoms with Crippen LogP contribution in [0.3, 0.4) is 0 Å². The topological polar surface area (TPSA) is 55.1 Å². The van der Waals surface area contributed by atoms with Crippen molar-refractivity contribution in [2.24, 2.45) is 0 Å². The molecular weight excluding hydrogens is 308 g/mol. The number of nitrogens with one attached hydrogen (secondary N) is 1. The highest BCUT2D eigenvalue weighted by molar-refractivity contribution is 8.00. The van der Waals surface area contributed by atoms with Gasteiger partial charge in [0, 0.05) is 22.8 Å². The Balaban J connectivity index is 1.85. The Labute approximate surface area is 139 Å². The van der Waals surface area contributed by atoms with E-state index in [1.54, 1.807) is 18.7 Å². The minimum atomic E-state index is -0.117. The van der Waals surface area contributed by atoms with Gasteiger partial charge in [0.05, 0.1) is 5.56 Å². The molecule has 0 saturated carbocycles. The average Bonchev–Trinajstić information content (AvgIpc) is 2.86. The van der Waals surface area contributed by atoms with E-state index < -0.39 is 0 Å². The first kappa shape index (κ1) is 15.6.